The molecule has 0 bridgehead atoms. The topological polar surface area (TPSA) is 41.6 Å². The van der Waals surface area contributed by atoms with E-state index in [-0.39, 0.29) is 5.92 Å². The third kappa shape index (κ3) is 2.58. The van der Waals surface area contributed by atoms with Crippen molar-refractivity contribution in [3.8, 4) is 6.07 Å². The quantitative estimate of drug-likeness (QED) is 0.763. The second-order valence-electron chi connectivity index (χ2n) is 5.22. The summed E-state index contributed by atoms with van der Waals surface area (Å²) < 4.78 is 2.16. The Balaban J connectivity index is 2.32. The first-order valence-electron chi connectivity index (χ1n) is 7.27. The van der Waals surface area contributed by atoms with E-state index >= 15 is 0 Å². The Bertz CT molecular complexity index is 427. The minimum absolute atomic E-state index is 0.141. The minimum Gasteiger partial charge on any atom is -0.265 e. The van der Waals surface area contributed by atoms with Gasteiger partial charge in [-0.1, -0.05) is 33.1 Å². The number of hydrogen-bond acceptors (Lipinski definition) is 2. The smallest absolute Gasteiger partial charge is 0.0687 e. The Morgan fingerprint density at radius 1 is 1.28 bits per heavy atom. The zero-order valence-corrected chi connectivity index (χ0v) is 11.5. The first kappa shape index (κ1) is 13.1. The van der Waals surface area contributed by atoms with Crippen LogP contribution in [0.3, 0.4) is 0 Å². The van der Waals surface area contributed by atoms with Gasteiger partial charge in [-0.15, -0.1) is 0 Å². The molecule has 0 aromatic carbocycles. The van der Waals surface area contributed by atoms with Crippen LogP contribution in [0.5, 0.6) is 0 Å². The summed E-state index contributed by atoms with van der Waals surface area (Å²) in [7, 11) is 0. The summed E-state index contributed by atoms with van der Waals surface area (Å²) in [6.07, 6.45) is 7.80. The van der Waals surface area contributed by atoms with Gasteiger partial charge in [0.05, 0.1) is 23.7 Å². The van der Waals surface area contributed by atoms with Crippen molar-refractivity contribution in [3.63, 3.8) is 0 Å². The van der Waals surface area contributed by atoms with Gasteiger partial charge in [0.2, 0.25) is 0 Å². The zero-order valence-electron chi connectivity index (χ0n) is 11.5. The van der Waals surface area contributed by atoms with Gasteiger partial charge in [-0.2, -0.15) is 10.4 Å². The molecule has 0 N–H and O–H groups in total. The van der Waals surface area contributed by atoms with E-state index < -0.39 is 0 Å². The predicted octanol–water partition coefficient (Wildman–Crippen LogP) is 3.65. The summed E-state index contributed by atoms with van der Waals surface area (Å²) >= 11 is 0. The van der Waals surface area contributed by atoms with Crippen molar-refractivity contribution < 1.29 is 0 Å². The fourth-order valence-electron chi connectivity index (χ4n) is 2.95. The maximum Gasteiger partial charge on any atom is 0.0687 e. The average molecular weight is 245 g/mol. The first-order valence-corrected chi connectivity index (χ1v) is 7.27. The highest BCUT2D eigenvalue weighted by molar-refractivity contribution is 5.12. The van der Waals surface area contributed by atoms with Crippen molar-refractivity contribution in [1.82, 2.24) is 9.78 Å². The Morgan fingerprint density at radius 3 is 2.72 bits per heavy atom. The second kappa shape index (κ2) is 6.04. The normalized spacial score (nSPS) is 24.5. The fourth-order valence-corrected chi connectivity index (χ4v) is 2.95. The molecule has 1 aromatic rings. The Hall–Kier alpha value is -1.30. The molecular weight excluding hydrogens is 222 g/mol. The molecule has 1 aromatic heterocycles. The summed E-state index contributed by atoms with van der Waals surface area (Å²) in [4.78, 5) is 0. The number of nitriles is 1. The van der Waals surface area contributed by atoms with Crippen LogP contribution in [0.25, 0.3) is 0 Å². The summed E-state index contributed by atoms with van der Waals surface area (Å²) in [5.74, 6) is 0.141. The van der Waals surface area contributed by atoms with Gasteiger partial charge < -0.3 is 0 Å². The zero-order chi connectivity index (χ0) is 13.0. The lowest BCUT2D eigenvalue weighted by Crippen LogP contribution is -2.20. The molecule has 0 spiro atoms. The summed E-state index contributed by atoms with van der Waals surface area (Å²) in [5, 5.41) is 14.1. The van der Waals surface area contributed by atoms with Crippen LogP contribution in [0.1, 0.15) is 63.4 Å². The highest BCUT2D eigenvalue weighted by atomic mass is 15.3. The Kier molecular flexibility index (Phi) is 4.41. The lowest BCUT2D eigenvalue weighted by Gasteiger charge is -2.22. The van der Waals surface area contributed by atoms with Gasteiger partial charge in [0, 0.05) is 5.69 Å². The molecule has 2 unspecified atom stereocenters. The van der Waals surface area contributed by atoms with Crippen molar-refractivity contribution >= 4 is 0 Å². The van der Waals surface area contributed by atoms with E-state index in [0.29, 0.717) is 6.04 Å². The van der Waals surface area contributed by atoms with Crippen LogP contribution in [0.15, 0.2) is 6.07 Å². The number of aryl methyl sites for hydroxylation is 2. The molecule has 0 aliphatic heterocycles. The lowest BCUT2D eigenvalue weighted by atomic mass is 9.96. The van der Waals surface area contributed by atoms with Gasteiger partial charge in [0.1, 0.15) is 0 Å². The van der Waals surface area contributed by atoms with Crippen LogP contribution in [-0.4, -0.2) is 9.78 Å². The number of hydrogen-bond donors (Lipinski definition) is 0. The molecule has 98 valence electrons. The maximum atomic E-state index is 9.38. The monoisotopic (exact) mass is 245 g/mol. The molecule has 18 heavy (non-hydrogen) atoms. The van der Waals surface area contributed by atoms with Gasteiger partial charge in [0.15, 0.2) is 0 Å². The minimum atomic E-state index is 0.141. The summed E-state index contributed by atoms with van der Waals surface area (Å²) in [6, 6.07) is 5.02. The molecule has 3 nitrogen and oxygen atoms in total. The molecule has 1 saturated carbocycles. The number of aromatic nitrogens is 2. The number of nitrogens with zero attached hydrogens (tertiary/aromatic N) is 3. The second-order valence-corrected chi connectivity index (χ2v) is 5.22. The van der Waals surface area contributed by atoms with Gasteiger partial charge in [-0.05, 0) is 31.7 Å². The summed E-state index contributed by atoms with van der Waals surface area (Å²) in [5.41, 5.74) is 2.45. The highest BCUT2D eigenvalue weighted by Crippen LogP contribution is 2.33. The molecule has 3 heteroatoms. The molecule has 0 amide bonds. The lowest BCUT2D eigenvalue weighted by molar-refractivity contribution is 0.334. The van der Waals surface area contributed by atoms with Crippen LogP contribution < -0.4 is 0 Å². The SMILES string of the molecule is CCc1cc(CC)n(C2CCCCCC2C#N)n1. The fraction of sp³-hybridized carbons (Fsp3) is 0.733. The van der Waals surface area contributed by atoms with Crippen molar-refractivity contribution in [2.45, 2.75) is 64.8 Å². The molecule has 1 fully saturated rings. The average Bonchev–Trinajstić information content (AvgIpc) is 2.68. The Morgan fingerprint density at radius 2 is 2.06 bits per heavy atom. The molecule has 1 heterocycles. The largest absolute Gasteiger partial charge is 0.265 e. The van der Waals surface area contributed by atoms with Crippen LogP contribution >= 0.6 is 0 Å². The molecule has 0 saturated heterocycles. The van der Waals surface area contributed by atoms with E-state index in [1.54, 1.807) is 0 Å². The van der Waals surface area contributed by atoms with E-state index in [1.807, 2.05) is 0 Å². The molecule has 2 rings (SSSR count). The van der Waals surface area contributed by atoms with Gasteiger partial charge in [-0.3, -0.25) is 4.68 Å². The van der Waals surface area contributed by atoms with Gasteiger partial charge in [0.25, 0.3) is 0 Å². The van der Waals surface area contributed by atoms with Crippen molar-refractivity contribution in [1.29, 1.82) is 5.26 Å². The number of rotatable bonds is 3. The molecule has 2 atom stereocenters. The standard InChI is InChI=1S/C15H23N3/c1-3-13-10-14(4-2)18(17-13)15-9-7-5-6-8-12(15)11-16/h10,12,15H,3-9H2,1-2H3. The molecule has 0 radical (unpaired) electrons. The van der Waals surface area contributed by atoms with Crippen LogP contribution in [0.2, 0.25) is 0 Å². The van der Waals surface area contributed by atoms with E-state index in [4.69, 9.17) is 5.10 Å². The highest BCUT2D eigenvalue weighted by Gasteiger charge is 2.27. The van der Waals surface area contributed by atoms with Gasteiger partial charge in [-0.25, -0.2) is 0 Å². The Labute approximate surface area is 110 Å². The first-order chi connectivity index (χ1) is 8.80. The molecular formula is C15H23N3. The van der Waals surface area contributed by atoms with Crippen molar-refractivity contribution in [2.24, 2.45) is 5.92 Å². The van der Waals surface area contributed by atoms with E-state index in [1.165, 1.54) is 25.0 Å². The van der Waals surface area contributed by atoms with Crippen LogP contribution in [0, 0.1) is 17.2 Å². The molecule has 1 aliphatic carbocycles. The van der Waals surface area contributed by atoms with Gasteiger partial charge >= 0.3 is 0 Å². The predicted molar refractivity (Wildman–Crippen MR) is 72.2 cm³/mol. The van der Waals surface area contributed by atoms with E-state index in [9.17, 15) is 5.26 Å². The third-order valence-corrected chi connectivity index (χ3v) is 4.05. The molecule has 1 aliphatic rings. The van der Waals surface area contributed by atoms with E-state index in [2.05, 4.69) is 30.7 Å². The van der Waals surface area contributed by atoms with Crippen LogP contribution in [-0.2, 0) is 12.8 Å². The summed E-state index contributed by atoms with van der Waals surface area (Å²) in [6.45, 7) is 4.31. The van der Waals surface area contributed by atoms with Crippen molar-refractivity contribution in [2.75, 3.05) is 0 Å². The maximum absolute atomic E-state index is 9.38. The van der Waals surface area contributed by atoms with Crippen LogP contribution in [0.4, 0.5) is 0 Å². The third-order valence-electron chi connectivity index (χ3n) is 4.05. The van der Waals surface area contributed by atoms with Crippen molar-refractivity contribution in [3.05, 3.63) is 17.5 Å². The van der Waals surface area contributed by atoms with E-state index in [0.717, 1.165) is 31.4 Å².